The normalized spacial score (nSPS) is 17.2. The van der Waals surface area contributed by atoms with Crippen LogP contribution >= 0.6 is 0 Å². The number of imide groups is 3. The summed E-state index contributed by atoms with van der Waals surface area (Å²) in [4.78, 5) is 110. The highest BCUT2D eigenvalue weighted by Gasteiger charge is 2.59. The van der Waals surface area contributed by atoms with Gasteiger partial charge in [0, 0.05) is 120 Å². The van der Waals surface area contributed by atoms with Crippen LogP contribution in [0.15, 0.2) is 146 Å². The van der Waals surface area contributed by atoms with Gasteiger partial charge >= 0.3 is 23.8 Å². The number of carbonyl (C=O) groups is 8. The summed E-state index contributed by atoms with van der Waals surface area (Å²) in [5.74, 6) is -4.29. The molecule has 2 unspecified atom stereocenters. The molecule has 386 valence electrons. The average molecular weight is 1030 g/mol. The number of anilines is 5. The highest BCUT2D eigenvalue weighted by atomic mass is 16.4. The van der Waals surface area contributed by atoms with E-state index in [9.17, 15) is 43.5 Å². The molecular weight excluding hydrogens is 977 g/mol. The molecule has 0 saturated carbocycles. The Balaban J connectivity index is 0.000000131. The zero-order valence-corrected chi connectivity index (χ0v) is 43.1. The molecule has 16 nitrogen and oxygen atoms in total. The smallest absolute Gasteiger partial charge is 0.363 e. The van der Waals surface area contributed by atoms with Crippen molar-refractivity contribution in [2.75, 3.05) is 73.3 Å². The van der Waals surface area contributed by atoms with Crippen LogP contribution in [-0.2, 0) is 4.79 Å². The van der Waals surface area contributed by atoms with Crippen molar-refractivity contribution in [3.8, 4) is 0 Å². The first-order valence-electron chi connectivity index (χ1n) is 24.9. The molecule has 8 aromatic rings. The second-order valence-corrected chi connectivity index (χ2v) is 19.9. The number of amides is 6. The predicted octanol–water partition coefficient (Wildman–Crippen LogP) is 9.76. The van der Waals surface area contributed by atoms with Gasteiger partial charge in [0.15, 0.2) is 0 Å². The lowest BCUT2D eigenvalue weighted by molar-refractivity contribution is -0.791. The molecule has 1 spiro atoms. The molecule has 2 N–H and O–H groups in total. The lowest BCUT2D eigenvalue weighted by Gasteiger charge is -2.43. The SMILES string of the molecule is CN(C)c1ccc2c3c(cccc13)C(=O)N(c1ccc(C(=O)O)cc1)C2=O.CN(C)c1ccc2c3c(cccc13)C(=O)N(c1ccccc1)C2=O.CN(C)c1ccc2c3c(cccc13)C(=O)[N+]1(CCCCC1C(=O)O)C2=O. The van der Waals surface area contributed by atoms with E-state index >= 15 is 0 Å². The zero-order valence-electron chi connectivity index (χ0n) is 43.1. The van der Waals surface area contributed by atoms with Gasteiger partial charge in [0.25, 0.3) is 23.6 Å². The van der Waals surface area contributed by atoms with Crippen LogP contribution in [0.25, 0.3) is 32.3 Å². The number of aromatic carboxylic acids is 1. The largest absolute Gasteiger partial charge is 0.478 e. The molecule has 4 heterocycles. The Labute approximate surface area is 442 Å². The van der Waals surface area contributed by atoms with Gasteiger partial charge in [-0.15, -0.1) is 0 Å². The van der Waals surface area contributed by atoms with E-state index in [2.05, 4.69) is 0 Å². The minimum atomic E-state index is -1.08. The summed E-state index contributed by atoms with van der Waals surface area (Å²) in [5, 5.41) is 23.4. The van der Waals surface area contributed by atoms with Gasteiger partial charge in [-0.25, -0.2) is 29.0 Å². The topological polar surface area (TPSA) is 193 Å². The molecule has 77 heavy (non-hydrogen) atoms. The Kier molecular flexibility index (Phi) is 13.0. The third-order valence-electron chi connectivity index (χ3n) is 14.9. The third kappa shape index (κ3) is 8.20. The van der Waals surface area contributed by atoms with Crippen molar-refractivity contribution < 1.29 is 53.1 Å². The molecule has 0 aliphatic carbocycles. The Morgan fingerprint density at radius 1 is 0.442 bits per heavy atom. The molecule has 4 aliphatic heterocycles. The highest BCUT2D eigenvalue weighted by molar-refractivity contribution is 6.37. The molecule has 6 amide bonds. The number of aliphatic carboxylic acids is 1. The van der Waals surface area contributed by atoms with Gasteiger partial charge in [0.2, 0.25) is 6.04 Å². The standard InChI is InChI=1S/C21H16N2O4.C20H20N2O4.C20H16N2O2/c1-22(2)17-11-10-16-18-14(17)4-3-5-15(18)19(24)23(20(16)25)13-8-6-12(7-9-13)21(26)27;1-21(2)15-10-9-14-17-12(15)6-5-7-13(17)18(23)22(19(14)24)11-4-3-8-16(22)20(25)26;1-21(2)17-12-11-16-18-14(17)9-6-10-15(18)19(23)22(20(16)24)13-7-4-3-5-8-13/h3-11H,1-2H3,(H,26,27);5-7,9-10,16H,3-4,8,11H2,1-2H3;3-12H,1-2H3/p+1. The predicted molar refractivity (Wildman–Crippen MR) is 296 cm³/mol. The minimum Gasteiger partial charge on any atom is -0.478 e. The van der Waals surface area contributed by atoms with Crippen molar-refractivity contribution in [2.24, 2.45) is 0 Å². The summed E-state index contributed by atoms with van der Waals surface area (Å²) in [6.45, 7) is 0.250. The van der Waals surface area contributed by atoms with E-state index < -0.39 is 34.3 Å². The summed E-state index contributed by atoms with van der Waals surface area (Å²) < 4.78 is -0.608. The molecule has 4 aliphatic rings. The lowest BCUT2D eigenvalue weighted by atomic mass is 9.86. The maximum absolute atomic E-state index is 13.5. The van der Waals surface area contributed by atoms with Crippen LogP contribution < -0.4 is 24.5 Å². The van der Waals surface area contributed by atoms with Crippen LogP contribution in [-0.4, -0.2) is 117 Å². The Morgan fingerprint density at radius 2 is 0.818 bits per heavy atom. The monoisotopic (exact) mass is 1030 g/mol. The number of rotatable bonds is 7. The number of quaternary nitrogens is 1. The molecule has 12 rings (SSSR count). The summed E-state index contributed by atoms with van der Waals surface area (Å²) in [7, 11) is 11.5. The molecule has 1 fully saturated rings. The number of carboxylic acid groups (broad SMARTS) is 2. The zero-order chi connectivity index (χ0) is 54.8. The first-order chi connectivity index (χ1) is 36.9. The van der Waals surface area contributed by atoms with Crippen LogP contribution in [0.4, 0.5) is 28.4 Å². The van der Waals surface area contributed by atoms with Crippen molar-refractivity contribution in [2.45, 2.75) is 25.3 Å². The number of hydrogen-bond acceptors (Lipinski definition) is 11. The van der Waals surface area contributed by atoms with Crippen molar-refractivity contribution in [3.63, 3.8) is 0 Å². The summed E-state index contributed by atoms with van der Waals surface area (Å²) in [5.41, 5.74) is 6.80. The van der Waals surface area contributed by atoms with Crippen LogP contribution in [0.1, 0.15) is 91.8 Å². The molecule has 8 aromatic carbocycles. The van der Waals surface area contributed by atoms with Crippen LogP contribution in [0.5, 0.6) is 0 Å². The molecular formula is C61H53N6O10+. The number of piperidine rings is 1. The number of benzene rings is 8. The van der Waals surface area contributed by atoms with E-state index in [0.29, 0.717) is 74.8 Å². The molecule has 2 atom stereocenters. The van der Waals surface area contributed by atoms with Crippen LogP contribution in [0, 0.1) is 0 Å². The van der Waals surface area contributed by atoms with Gasteiger partial charge in [-0.2, -0.15) is 4.48 Å². The van der Waals surface area contributed by atoms with E-state index in [-0.39, 0.29) is 35.7 Å². The number of para-hydroxylation sites is 1. The van der Waals surface area contributed by atoms with Gasteiger partial charge in [0.1, 0.15) is 0 Å². The number of carbonyl (C=O) groups excluding carboxylic acids is 6. The van der Waals surface area contributed by atoms with Gasteiger partial charge in [-0.3, -0.25) is 19.2 Å². The molecule has 0 radical (unpaired) electrons. The van der Waals surface area contributed by atoms with Gasteiger partial charge in [0.05, 0.1) is 34.6 Å². The highest BCUT2D eigenvalue weighted by Crippen LogP contribution is 2.43. The maximum Gasteiger partial charge on any atom is 0.363 e. The molecule has 0 bridgehead atoms. The summed E-state index contributed by atoms with van der Waals surface area (Å²) >= 11 is 0. The fourth-order valence-electron chi connectivity index (χ4n) is 11.3. The van der Waals surface area contributed by atoms with Crippen molar-refractivity contribution >= 4 is 108 Å². The molecule has 1 saturated heterocycles. The third-order valence-corrected chi connectivity index (χ3v) is 14.9. The van der Waals surface area contributed by atoms with E-state index in [4.69, 9.17) is 5.11 Å². The summed E-state index contributed by atoms with van der Waals surface area (Å²) in [6, 6.07) is 41.1. The fraction of sp³-hybridized carbons (Fsp3) is 0.180. The van der Waals surface area contributed by atoms with E-state index in [0.717, 1.165) is 43.5 Å². The fourth-order valence-corrected chi connectivity index (χ4v) is 11.3. The number of nitrogens with zero attached hydrogens (tertiary/aromatic N) is 6. The quantitative estimate of drug-likeness (QED) is 0.113. The molecule has 16 heteroatoms. The second kappa shape index (κ2) is 19.6. The van der Waals surface area contributed by atoms with Gasteiger partial charge in [-0.05, 0) is 104 Å². The maximum atomic E-state index is 13.5. The van der Waals surface area contributed by atoms with Crippen molar-refractivity contribution in [1.29, 1.82) is 0 Å². The van der Waals surface area contributed by atoms with Gasteiger partial charge < -0.3 is 24.9 Å². The van der Waals surface area contributed by atoms with Crippen LogP contribution in [0.3, 0.4) is 0 Å². The molecule has 0 aromatic heterocycles. The van der Waals surface area contributed by atoms with E-state index in [1.807, 2.05) is 124 Å². The van der Waals surface area contributed by atoms with Crippen LogP contribution in [0.2, 0.25) is 0 Å². The Hall–Kier alpha value is -9.54. The minimum absolute atomic E-state index is 0.0915. The first kappa shape index (κ1) is 51.0. The Bertz CT molecular complexity index is 3780. The first-order valence-corrected chi connectivity index (χ1v) is 24.9. The van der Waals surface area contributed by atoms with E-state index in [1.54, 1.807) is 54.6 Å². The van der Waals surface area contributed by atoms with E-state index in [1.165, 1.54) is 29.2 Å². The lowest BCUT2D eigenvalue weighted by Crippen LogP contribution is -2.68. The van der Waals surface area contributed by atoms with Crippen molar-refractivity contribution in [3.05, 3.63) is 185 Å². The average Bonchev–Trinajstić information content (AvgIpc) is 3.57. The number of carboxylic acids is 2. The summed E-state index contributed by atoms with van der Waals surface area (Å²) in [6.07, 6.45) is 1.73. The Morgan fingerprint density at radius 3 is 1.23 bits per heavy atom. The second-order valence-electron chi connectivity index (χ2n) is 19.9. The van der Waals surface area contributed by atoms with Crippen molar-refractivity contribution in [1.82, 2.24) is 0 Å². The number of hydrogen-bond donors (Lipinski definition) is 2. The van der Waals surface area contributed by atoms with Gasteiger partial charge in [-0.1, -0.05) is 54.6 Å².